The first-order chi connectivity index (χ1) is 12.7. The zero-order valence-electron chi connectivity index (χ0n) is 15.7. The molecule has 138 valence electrons. The van der Waals surface area contributed by atoms with Crippen molar-refractivity contribution >= 4 is 11.6 Å². The minimum absolute atomic E-state index is 0.0923. The van der Waals surface area contributed by atoms with Crippen molar-refractivity contribution in [3.8, 4) is 5.75 Å². The SMILES string of the molecule is COc1ccc(C(=O)Nc2ccccc2C(C)CN2CCCCC2)cc1. The Bertz CT molecular complexity index is 721. The van der Waals surface area contributed by atoms with Gasteiger partial charge < -0.3 is 15.0 Å². The van der Waals surface area contributed by atoms with Gasteiger partial charge >= 0.3 is 0 Å². The van der Waals surface area contributed by atoms with E-state index < -0.39 is 0 Å². The molecule has 0 spiro atoms. The van der Waals surface area contributed by atoms with E-state index in [0.717, 1.165) is 18.0 Å². The van der Waals surface area contributed by atoms with Crippen LogP contribution in [0.5, 0.6) is 5.75 Å². The van der Waals surface area contributed by atoms with Gasteiger partial charge in [-0.3, -0.25) is 4.79 Å². The van der Waals surface area contributed by atoms with Crippen molar-refractivity contribution in [2.24, 2.45) is 0 Å². The van der Waals surface area contributed by atoms with Crippen LogP contribution in [0.25, 0.3) is 0 Å². The molecular formula is C22H28N2O2. The Kier molecular flexibility index (Phi) is 6.29. The van der Waals surface area contributed by atoms with Crippen molar-refractivity contribution in [2.45, 2.75) is 32.1 Å². The van der Waals surface area contributed by atoms with Crippen molar-refractivity contribution in [1.29, 1.82) is 0 Å². The Labute approximate surface area is 156 Å². The van der Waals surface area contributed by atoms with Crippen LogP contribution in [0, 0.1) is 0 Å². The van der Waals surface area contributed by atoms with Crippen LogP contribution in [-0.2, 0) is 0 Å². The number of amides is 1. The molecule has 0 bridgehead atoms. The Morgan fingerprint density at radius 3 is 2.46 bits per heavy atom. The number of carbonyl (C=O) groups is 1. The number of para-hydroxylation sites is 1. The smallest absolute Gasteiger partial charge is 0.255 e. The summed E-state index contributed by atoms with van der Waals surface area (Å²) in [6, 6.07) is 15.3. The van der Waals surface area contributed by atoms with E-state index in [9.17, 15) is 4.79 Å². The molecule has 1 atom stereocenters. The number of nitrogens with one attached hydrogen (secondary N) is 1. The fraction of sp³-hybridized carbons (Fsp3) is 0.409. The fourth-order valence-electron chi connectivity index (χ4n) is 3.61. The van der Waals surface area contributed by atoms with Crippen LogP contribution in [0.2, 0.25) is 0 Å². The Hall–Kier alpha value is -2.33. The van der Waals surface area contributed by atoms with Crippen LogP contribution < -0.4 is 10.1 Å². The van der Waals surface area contributed by atoms with Crippen molar-refractivity contribution in [3.63, 3.8) is 0 Å². The average molecular weight is 352 g/mol. The van der Waals surface area contributed by atoms with Gasteiger partial charge in [-0.1, -0.05) is 31.5 Å². The van der Waals surface area contributed by atoms with Crippen molar-refractivity contribution in [2.75, 3.05) is 32.1 Å². The maximum absolute atomic E-state index is 12.6. The minimum Gasteiger partial charge on any atom is -0.497 e. The van der Waals surface area contributed by atoms with Gasteiger partial charge in [-0.15, -0.1) is 0 Å². The summed E-state index contributed by atoms with van der Waals surface area (Å²) in [5.74, 6) is 1.03. The highest BCUT2D eigenvalue weighted by Gasteiger charge is 2.18. The van der Waals surface area contributed by atoms with Gasteiger partial charge in [0.25, 0.3) is 5.91 Å². The van der Waals surface area contributed by atoms with Gasteiger partial charge in [0, 0.05) is 17.8 Å². The van der Waals surface area contributed by atoms with E-state index >= 15 is 0 Å². The number of rotatable bonds is 6. The summed E-state index contributed by atoms with van der Waals surface area (Å²) in [4.78, 5) is 15.2. The number of likely N-dealkylation sites (tertiary alicyclic amines) is 1. The number of ether oxygens (including phenoxy) is 1. The maximum Gasteiger partial charge on any atom is 0.255 e. The third-order valence-electron chi connectivity index (χ3n) is 5.07. The molecule has 1 aliphatic rings. The largest absolute Gasteiger partial charge is 0.497 e. The Morgan fingerprint density at radius 1 is 1.08 bits per heavy atom. The Morgan fingerprint density at radius 2 is 1.77 bits per heavy atom. The van der Waals surface area contributed by atoms with E-state index in [1.807, 2.05) is 18.2 Å². The lowest BCUT2D eigenvalue weighted by atomic mass is 9.97. The summed E-state index contributed by atoms with van der Waals surface area (Å²) >= 11 is 0. The summed E-state index contributed by atoms with van der Waals surface area (Å²) in [6.07, 6.45) is 3.94. The fourth-order valence-corrected chi connectivity index (χ4v) is 3.61. The number of nitrogens with zero attached hydrogens (tertiary/aromatic N) is 1. The van der Waals surface area contributed by atoms with Gasteiger partial charge in [-0.05, 0) is 67.7 Å². The number of methoxy groups -OCH3 is 1. The van der Waals surface area contributed by atoms with E-state index in [-0.39, 0.29) is 5.91 Å². The second kappa shape index (κ2) is 8.86. The highest BCUT2D eigenvalue weighted by molar-refractivity contribution is 6.04. The quantitative estimate of drug-likeness (QED) is 0.830. The molecule has 2 aromatic carbocycles. The lowest BCUT2D eigenvalue weighted by molar-refractivity contribution is 0.102. The molecule has 4 heteroatoms. The zero-order valence-corrected chi connectivity index (χ0v) is 15.7. The van der Waals surface area contributed by atoms with E-state index in [4.69, 9.17) is 4.74 Å². The van der Waals surface area contributed by atoms with Gasteiger partial charge in [-0.25, -0.2) is 0 Å². The second-order valence-electron chi connectivity index (χ2n) is 7.03. The molecule has 1 saturated heterocycles. The standard InChI is InChI=1S/C22H28N2O2/c1-17(16-24-14-6-3-7-15-24)20-8-4-5-9-21(20)23-22(25)18-10-12-19(26-2)13-11-18/h4-5,8-13,17H,3,6-7,14-16H2,1-2H3,(H,23,25). The van der Waals surface area contributed by atoms with Gasteiger partial charge in [0.15, 0.2) is 0 Å². The molecule has 3 rings (SSSR count). The normalized spacial score (nSPS) is 16.1. The maximum atomic E-state index is 12.6. The number of hydrogen-bond acceptors (Lipinski definition) is 3. The van der Waals surface area contributed by atoms with Crippen molar-refractivity contribution in [3.05, 3.63) is 59.7 Å². The molecule has 0 aromatic heterocycles. The van der Waals surface area contributed by atoms with E-state index in [1.54, 1.807) is 31.4 Å². The highest BCUT2D eigenvalue weighted by atomic mass is 16.5. The third-order valence-corrected chi connectivity index (χ3v) is 5.07. The summed E-state index contributed by atoms with van der Waals surface area (Å²) in [5.41, 5.74) is 2.72. The number of hydrogen-bond donors (Lipinski definition) is 1. The van der Waals surface area contributed by atoms with Gasteiger partial charge in [0.05, 0.1) is 7.11 Å². The molecule has 0 aliphatic carbocycles. The number of benzene rings is 2. The number of anilines is 1. The van der Waals surface area contributed by atoms with Crippen LogP contribution >= 0.6 is 0 Å². The van der Waals surface area contributed by atoms with Crippen LogP contribution in [0.4, 0.5) is 5.69 Å². The molecule has 1 fully saturated rings. The molecule has 2 aromatic rings. The molecule has 1 heterocycles. The van der Waals surface area contributed by atoms with Crippen LogP contribution in [0.15, 0.2) is 48.5 Å². The molecule has 4 nitrogen and oxygen atoms in total. The van der Waals surface area contributed by atoms with E-state index in [2.05, 4.69) is 23.2 Å². The van der Waals surface area contributed by atoms with Gasteiger partial charge in [-0.2, -0.15) is 0 Å². The molecule has 0 saturated carbocycles. The first-order valence-corrected chi connectivity index (χ1v) is 9.44. The van der Waals surface area contributed by atoms with Crippen molar-refractivity contribution in [1.82, 2.24) is 4.90 Å². The van der Waals surface area contributed by atoms with Crippen LogP contribution in [0.3, 0.4) is 0 Å². The lowest BCUT2D eigenvalue weighted by Crippen LogP contribution is -2.33. The third kappa shape index (κ3) is 4.64. The molecule has 1 N–H and O–H groups in total. The Balaban J connectivity index is 1.70. The summed E-state index contributed by atoms with van der Waals surface area (Å²) < 4.78 is 5.15. The van der Waals surface area contributed by atoms with E-state index in [1.165, 1.54) is 37.9 Å². The molecule has 1 amide bonds. The first-order valence-electron chi connectivity index (χ1n) is 9.44. The predicted octanol–water partition coefficient (Wildman–Crippen LogP) is 4.54. The summed E-state index contributed by atoms with van der Waals surface area (Å²) in [5, 5.41) is 3.08. The predicted molar refractivity (Wildman–Crippen MR) is 106 cm³/mol. The molecule has 1 unspecified atom stereocenters. The zero-order chi connectivity index (χ0) is 18.4. The van der Waals surface area contributed by atoms with Gasteiger partial charge in [0.2, 0.25) is 0 Å². The monoisotopic (exact) mass is 352 g/mol. The molecule has 0 radical (unpaired) electrons. The summed E-state index contributed by atoms with van der Waals surface area (Å²) in [6.45, 7) is 5.65. The second-order valence-corrected chi connectivity index (χ2v) is 7.03. The highest BCUT2D eigenvalue weighted by Crippen LogP contribution is 2.26. The van der Waals surface area contributed by atoms with Crippen LogP contribution in [-0.4, -0.2) is 37.6 Å². The van der Waals surface area contributed by atoms with Crippen molar-refractivity contribution < 1.29 is 9.53 Å². The first kappa shape index (κ1) is 18.5. The molecule has 1 aliphatic heterocycles. The summed E-state index contributed by atoms with van der Waals surface area (Å²) in [7, 11) is 1.62. The van der Waals surface area contributed by atoms with E-state index in [0.29, 0.717) is 11.5 Å². The number of carbonyl (C=O) groups excluding carboxylic acids is 1. The number of piperidine rings is 1. The van der Waals surface area contributed by atoms with Crippen LogP contribution in [0.1, 0.15) is 48.0 Å². The average Bonchev–Trinajstić information content (AvgIpc) is 2.69. The van der Waals surface area contributed by atoms with Gasteiger partial charge in [0.1, 0.15) is 5.75 Å². The topological polar surface area (TPSA) is 41.6 Å². The lowest BCUT2D eigenvalue weighted by Gasteiger charge is -2.29. The molecule has 26 heavy (non-hydrogen) atoms. The molecular weight excluding hydrogens is 324 g/mol. The minimum atomic E-state index is -0.0923.